The average molecular weight is 280 g/mol. The van der Waals surface area contributed by atoms with E-state index in [2.05, 4.69) is 15.1 Å². The van der Waals surface area contributed by atoms with Gasteiger partial charge in [0.15, 0.2) is 0 Å². The lowest BCUT2D eigenvalue weighted by atomic mass is 10.2. The molecule has 0 bridgehead atoms. The first-order valence-corrected chi connectivity index (χ1v) is 6.88. The van der Waals surface area contributed by atoms with Crippen LogP contribution in [0.15, 0.2) is 55.0 Å². The number of pyridine rings is 2. The maximum Gasteiger partial charge on any atom is 0.213 e. The quantitative estimate of drug-likeness (QED) is 0.721. The molecule has 0 atom stereocenters. The molecular formula is C16H16N4O. The monoisotopic (exact) mass is 280 g/mol. The summed E-state index contributed by atoms with van der Waals surface area (Å²) in [4.78, 5) is 8.62. The van der Waals surface area contributed by atoms with Crippen LogP contribution in [-0.4, -0.2) is 26.4 Å². The summed E-state index contributed by atoms with van der Waals surface area (Å²) in [6.45, 7) is 3.15. The van der Waals surface area contributed by atoms with Crippen molar-refractivity contribution in [2.75, 3.05) is 6.61 Å². The normalized spacial score (nSPS) is 10.5. The summed E-state index contributed by atoms with van der Waals surface area (Å²) in [6.07, 6.45) is 5.38. The Morgan fingerprint density at radius 2 is 2.05 bits per heavy atom. The van der Waals surface area contributed by atoms with E-state index in [0.717, 1.165) is 17.0 Å². The first-order valence-electron chi connectivity index (χ1n) is 6.88. The second kappa shape index (κ2) is 6.17. The molecule has 0 aliphatic rings. The lowest BCUT2D eigenvalue weighted by molar-refractivity contribution is 0.325. The van der Waals surface area contributed by atoms with E-state index >= 15 is 0 Å². The van der Waals surface area contributed by atoms with Crippen molar-refractivity contribution in [3.8, 4) is 17.1 Å². The van der Waals surface area contributed by atoms with Crippen molar-refractivity contribution in [2.45, 2.75) is 13.5 Å². The lowest BCUT2D eigenvalue weighted by Crippen LogP contribution is -2.06. The van der Waals surface area contributed by atoms with Gasteiger partial charge in [0.05, 0.1) is 24.5 Å². The summed E-state index contributed by atoms with van der Waals surface area (Å²) in [7, 11) is 0. The molecule has 0 fully saturated rings. The Kier molecular flexibility index (Phi) is 3.91. The highest BCUT2D eigenvalue weighted by molar-refractivity contribution is 5.57. The fourth-order valence-electron chi connectivity index (χ4n) is 2.15. The minimum absolute atomic E-state index is 0.595. The Morgan fingerprint density at radius 1 is 1.10 bits per heavy atom. The van der Waals surface area contributed by atoms with E-state index in [0.29, 0.717) is 19.0 Å². The molecule has 0 saturated heterocycles. The average Bonchev–Trinajstić information content (AvgIpc) is 2.97. The zero-order chi connectivity index (χ0) is 14.5. The van der Waals surface area contributed by atoms with Gasteiger partial charge < -0.3 is 4.74 Å². The summed E-state index contributed by atoms with van der Waals surface area (Å²) in [5.74, 6) is 0.644. The van der Waals surface area contributed by atoms with Crippen LogP contribution in [0.2, 0.25) is 0 Å². The van der Waals surface area contributed by atoms with Gasteiger partial charge in [-0.2, -0.15) is 5.10 Å². The van der Waals surface area contributed by atoms with Crippen LogP contribution < -0.4 is 4.74 Å². The van der Waals surface area contributed by atoms with Crippen molar-refractivity contribution in [3.05, 3.63) is 60.7 Å². The van der Waals surface area contributed by atoms with Crippen LogP contribution in [0, 0.1) is 0 Å². The Bertz CT molecular complexity index is 709. The number of hydrogen-bond acceptors (Lipinski definition) is 4. The van der Waals surface area contributed by atoms with E-state index in [1.165, 1.54) is 0 Å². The zero-order valence-electron chi connectivity index (χ0n) is 11.8. The minimum atomic E-state index is 0.595. The Morgan fingerprint density at radius 3 is 2.86 bits per heavy atom. The summed E-state index contributed by atoms with van der Waals surface area (Å²) in [5.41, 5.74) is 2.97. The van der Waals surface area contributed by atoms with Crippen LogP contribution in [0.25, 0.3) is 11.3 Å². The molecule has 0 unspecified atom stereocenters. The molecule has 3 aromatic heterocycles. The molecular weight excluding hydrogens is 264 g/mol. The summed E-state index contributed by atoms with van der Waals surface area (Å²) in [5, 5.41) is 4.37. The molecule has 5 heteroatoms. The smallest absolute Gasteiger partial charge is 0.213 e. The van der Waals surface area contributed by atoms with Crippen molar-refractivity contribution in [1.29, 1.82) is 0 Å². The topological polar surface area (TPSA) is 52.8 Å². The standard InChI is InChI=1S/C16H16N4O/c1-2-21-16-7-3-6-14(19-16)12-20-15(8-10-18-20)13-5-4-9-17-11-13/h3-11H,2,12H2,1H3. The third-order valence-corrected chi connectivity index (χ3v) is 3.06. The van der Waals surface area contributed by atoms with Gasteiger partial charge in [0.25, 0.3) is 0 Å². The van der Waals surface area contributed by atoms with Gasteiger partial charge in [-0.3, -0.25) is 9.67 Å². The molecule has 3 rings (SSSR count). The lowest BCUT2D eigenvalue weighted by Gasteiger charge is -2.08. The maximum atomic E-state index is 5.43. The molecule has 106 valence electrons. The Labute approximate surface area is 123 Å². The van der Waals surface area contributed by atoms with E-state index in [1.54, 1.807) is 12.4 Å². The van der Waals surface area contributed by atoms with Gasteiger partial charge in [-0.25, -0.2) is 4.98 Å². The fourth-order valence-corrected chi connectivity index (χ4v) is 2.15. The molecule has 0 radical (unpaired) electrons. The van der Waals surface area contributed by atoms with Crippen molar-refractivity contribution < 1.29 is 4.74 Å². The predicted molar refractivity (Wildman–Crippen MR) is 80.0 cm³/mol. The highest BCUT2D eigenvalue weighted by Crippen LogP contribution is 2.18. The van der Waals surface area contributed by atoms with Gasteiger partial charge in [0.1, 0.15) is 0 Å². The molecule has 0 aromatic carbocycles. The number of nitrogens with zero attached hydrogens (tertiary/aromatic N) is 4. The highest BCUT2D eigenvalue weighted by atomic mass is 16.5. The van der Waals surface area contributed by atoms with E-state index in [-0.39, 0.29) is 0 Å². The van der Waals surface area contributed by atoms with Crippen molar-refractivity contribution >= 4 is 0 Å². The molecule has 0 aliphatic carbocycles. The van der Waals surface area contributed by atoms with Gasteiger partial charge in [0, 0.05) is 30.2 Å². The molecule has 3 heterocycles. The highest BCUT2D eigenvalue weighted by Gasteiger charge is 2.07. The van der Waals surface area contributed by atoms with Crippen LogP contribution >= 0.6 is 0 Å². The predicted octanol–water partition coefficient (Wildman–Crippen LogP) is 2.79. The molecule has 0 saturated carbocycles. The van der Waals surface area contributed by atoms with Crippen LogP contribution in [0.5, 0.6) is 5.88 Å². The van der Waals surface area contributed by atoms with Crippen molar-refractivity contribution in [3.63, 3.8) is 0 Å². The van der Waals surface area contributed by atoms with Crippen molar-refractivity contribution in [2.24, 2.45) is 0 Å². The SMILES string of the molecule is CCOc1cccc(Cn2nccc2-c2cccnc2)n1. The van der Waals surface area contributed by atoms with Crippen LogP contribution in [0.1, 0.15) is 12.6 Å². The molecule has 5 nitrogen and oxygen atoms in total. The molecule has 21 heavy (non-hydrogen) atoms. The molecule has 0 amide bonds. The van der Waals surface area contributed by atoms with Gasteiger partial charge in [-0.15, -0.1) is 0 Å². The van der Waals surface area contributed by atoms with Crippen LogP contribution in [0.3, 0.4) is 0 Å². The summed E-state index contributed by atoms with van der Waals surface area (Å²) >= 11 is 0. The second-order valence-corrected chi connectivity index (χ2v) is 4.52. The number of ether oxygens (including phenoxy) is 1. The van der Waals surface area contributed by atoms with Crippen molar-refractivity contribution in [1.82, 2.24) is 19.7 Å². The first-order chi connectivity index (χ1) is 10.4. The van der Waals surface area contributed by atoms with E-state index in [1.807, 2.05) is 54.2 Å². The number of rotatable bonds is 5. The van der Waals surface area contributed by atoms with Gasteiger partial charge in [-0.05, 0) is 31.2 Å². The van der Waals surface area contributed by atoms with Crippen LogP contribution in [0.4, 0.5) is 0 Å². The molecule has 0 aliphatic heterocycles. The number of aromatic nitrogens is 4. The largest absolute Gasteiger partial charge is 0.478 e. The Hall–Kier alpha value is -2.69. The van der Waals surface area contributed by atoms with E-state index in [4.69, 9.17) is 4.74 Å². The van der Waals surface area contributed by atoms with Gasteiger partial charge in [0.2, 0.25) is 5.88 Å². The molecule has 3 aromatic rings. The second-order valence-electron chi connectivity index (χ2n) is 4.52. The zero-order valence-corrected chi connectivity index (χ0v) is 11.8. The third-order valence-electron chi connectivity index (χ3n) is 3.06. The van der Waals surface area contributed by atoms with Gasteiger partial charge in [-0.1, -0.05) is 6.07 Å². The van der Waals surface area contributed by atoms with E-state index in [9.17, 15) is 0 Å². The Balaban J connectivity index is 1.86. The van der Waals surface area contributed by atoms with E-state index < -0.39 is 0 Å². The summed E-state index contributed by atoms with van der Waals surface area (Å²) in [6, 6.07) is 11.7. The third kappa shape index (κ3) is 3.08. The van der Waals surface area contributed by atoms with Gasteiger partial charge >= 0.3 is 0 Å². The molecule has 0 spiro atoms. The minimum Gasteiger partial charge on any atom is -0.478 e. The first kappa shape index (κ1) is 13.3. The molecule has 0 N–H and O–H groups in total. The van der Waals surface area contributed by atoms with Crippen LogP contribution in [-0.2, 0) is 6.54 Å². The maximum absolute atomic E-state index is 5.43. The fraction of sp³-hybridized carbons (Fsp3) is 0.188. The summed E-state index contributed by atoms with van der Waals surface area (Å²) < 4.78 is 7.34. The number of hydrogen-bond donors (Lipinski definition) is 0.